The minimum Gasteiger partial charge on any atom is -0.444 e. The van der Waals surface area contributed by atoms with Gasteiger partial charge >= 0.3 is 12.3 Å². The number of benzene rings is 3. The minimum atomic E-state index is -4.52. The van der Waals surface area contributed by atoms with Crippen LogP contribution in [-0.4, -0.2) is 30.8 Å². The Morgan fingerprint density at radius 2 is 1.71 bits per heavy atom. The third kappa shape index (κ3) is 8.22. The predicted molar refractivity (Wildman–Crippen MR) is 156 cm³/mol. The second kappa shape index (κ2) is 12.8. The Bertz CT molecular complexity index is 1460. The molecule has 3 aromatic rings. The van der Waals surface area contributed by atoms with Gasteiger partial charge in [-0.25, -0.2) is 4.79 Å². The van der Waals surface area contributed by atoms with Crippen molar-refractivity contribution in [1.82, 2.24) is 10.6 Å². The molecule has 9 heteroatoms. The molecule has 2 N–H and O–H groups in total. The molecule has 0 saturated heterocycles. The summed E-state index contributed by atoms with van der Waals surface area (Å²) in [5.74, 6) is -0.227. The first-order valence-corrected chi connectivity index (χ1v) is 13.8. The molecule has 222 valence electrons. The molecule has 0 bridgehead atoms. The predicted octanol–water partition coefficient (Wildman–Crippen LogP) is 7.69. The van der Waals surface area contributed by atoms with Crippen LogP contribution < -0.4 is 10.6 Å². The number of alkyl halides is 3. The molecular formula is C33H35F3N2O4. The van der Waals surface area contributed by atoms with E-state index in [4.69, 9.17) is 9.47 Å². The van der Waals surface area contributed by atoms with Gasteiger partial charge in [0, 0.05) is 12.1 Å². The van der Waals surface area contributed by atoms with Crippen LogP contribution in [0.25, 0.3) is 16.7 Å². The summed E-state index contributed by atoms with van der Waals surface area (Å²) in [6.07, 6.45) is -2.38. The first-order valence-electron chi connectivity index (χ1n) is 13.8. The maximum Gasteiger partial charge on any atom is 0.416 e. The van der Waals surface area contributed by atoms with Crippen LogP contribution in [0.3, 0.4) is 0 Å². The van der Waals surface area contributed by atoms with Gasteiger partial charge in [-0.3, -0.25) is 4.79 Å². The zero-order chi connectivity index (χ0) is 30.5. The molecule has 0 saturated carbocycles. The highest BCUT2D eigenvalue weighted by Gasteiger charge is 2.31. The number of amides is 2. The second-order valence-corrected chi connectivity index (χ2v) is 11.2. The number of hydrogen-bond acceptors (Lipinski definition) is 4. The Balaban J connectivity index is 1.50. The topological polar surface area (TPSA) is 76.7 Å². The Morgan fingerprint density at radius 1 is 0.976 bits per heavy atom. The molecule has 0 radical (unpaired) electrons. The molecule has 2 amide bonds. The van der Waals surface area contributed by atoms with Gasteiger partial charge < -0.3 is 20.1 Å². The van der Waals surface area contributed by atoms with Crippen molar-refractivity contribution in [1.29, 1.82) is 0 Å². The average Bonchev–Trinajstić information content (AvgIpc) is 2.95. The molecule has 0 aromatic heterocycles. The summed E-state index contributed by atoms with van der Waals surface area (Å²) in [6, 6.07) is 17.5. The lowest BCUT2D eigenvalue weighted by Gasteiger charge is -2.20. The van der Waals surface area contributed by atoms with Crippen LogP contribution in [0, 0.1) is 0 Å². The van der Waals surface area contributed by atoms with E-state index in [-0.39, 0.29) is 18.5 Å². The summed E-state index contributed by atoms with van der Waals surface area (Å²) in [7, 11) is 0. The molecule has 42 heavy (non-hydrogen) atoms. The van der Waals surface area contributed by atoms with E-state index < -0.39 is 23.4 Å². The highest BCUT2D eigenvalue weighted by Crippen LogP contribution is 2.34. The molecule has 1 aliphatic heterocycles. The molecule has 1 heterocycles. The van der Waals surface area contributed by atoms with Gasteiger partial charge in [-0.2, -0.15) is 13.2 Å². The summed E-state index contributed by atoms with van der Waals surface area (Å²) >= 11 is 0. The maximum atomic E-state index is 13.5. The van der Waals surface area contributed by atoms with E-state index in [1.807, 2.05) is 31.2 Å². The largest absolute Gasteiger partial charge is 0.444 e. The van der Waals surface area contributed by atoms with Crippen LogP contribution in [0.2, 0.25) is 0 Å². The van der Waals surface area contributed by atoms with Gasteiger partial charge in [-0.1, -0.05) is 48.5 Å². The summed E-state index contributed by atoms with van der Waals surface area (Å²) < 4.78 is 51.2. The quantitative estimate of drug-likeness (QED) is 0.300. The Hall–Kier alpha value is -4.11. The molecule has 4 rings (SSSR count). The van der Waals surface area contributed by atoms with E-state index in [2.05, 4.69) is 10.6 Å². The molecule has 0 aliphatic carbocycles. The number of nitrogens with one attached hydrogen (secondary N) is 2. The number of hydrogen-bond donors (Lipinski definition) is 2. The normalized spacial score (nSPS) is 14.5. The number of ether oxygens (including phenoxy) is 2. The SMILES string of the molecule is C[C@@H](NC(=O)c1cccc(C2=CCOCC2)c1)c1ccc(-c2cc(C(F)(F)F)ccc2CNC(=O)OC(C)(C)C)cc1. The molecule has 3 aromatic carbocycles. The van der Waals surface area contributed by atoms with Crippen LogP contribution in [0.1, 0.15) is 72.8 Å². The fourth-order valence-electron chi connectivity index (χ4n) is 4.62. The molecule has 0 spiro atoms. The van der Waals surface area contributed by atoms with Gasteiger partial charge in [0.2, 0.25) is 0 Å². The summed E-state index contributed by atoms with van der Waals surface area (Å²) in [4.78, 5) is 25.2. The third-order valence-electron chi connectivity index (χ3n) is 6.79. The van der Waals surface area contributed by atoms with Crippen LogP contribution in [0.15, 0.2) is 72.8 Å². The van der Waals surface area contributed by atoms with Gasteiger partial charge in [0.05, 0.1) is 24.8 Å². The van der Waals surface area contributed by atoms with E-state index in [1.54, 1.807) is 51.1 Å². The van der Waals surface area contributed by atoms with Crippen molar-refractivity contribution in [3.8, 4) is 11.1 Å². The molecule has 0 unspecified atom stereocenters. The van der Waals surface area contributed by atoms with Crippen LogP contribution in [-0.2, 0) is 22.2 Å². The van der Waals surface area contributed by atoms with Crippen LogP contribution >= 0.6 is 0 Å². The summed E-state index contributed by atoms with van der Waals surface area (Å²) in [5.41, 5.74) is 3.34. The summed E-state index contributed by atoms with van der Waals surface area (Å²) in [5, 5.41) is 5.62. The molecule has 6 nitrogen and oxygen atoms in total. The van der Waals surface area contributed by atoms with E-state index >= 15 is 0 Å². The number of carbonyl (C=O) groups is 2. The molecule has 1 aliphatic rings. The van der Waals surface area contributed by atoms with Gasteiger partial charge in [-0.05, 0) is 91.8 Å². The number of halogens is 3. The fourth-order valence-corrected chi connectivity index (χ4v) is 4.62. The van der Waals surface area contributed by atoms with Gasteiger partial charge in [0.15, 0.2) is 0 Å². The lowest BCUT2D eigenvalue weighted by atomic mass is 9.95. The third-order valence-corrected chi connectivity index (χ3v) is 6.79. The molecular weight excluding hydrogens is 545 g/mol. The maximum absolute atomic E-state index is 13.5. The van der Waals surface area contributed by atoms with Crippen LogP contribution in [0.5, 0.6) is 0 Å². The Kier molecular flexibility index (Phi) is 9.41. The average molecular weight is 581 g/mol. The smallest absolute Gasteiger partial charge is 0.416 e. The second-order valence-electron chi connectivity index (χ2n) is 11.2. The molecule has 0 fully saturated rings. The monoisotopic (exact) mass is 580 g/mol. The standard InChI is InChI=1S/C33H35F3N2O4/c1-21(38-30(39)26-7-5-6-25(18-26)23-14-16-41-17-15-23)22-8-10-24(11-9-22)29-19-28(33(34,35)36)13-12-27(29)20-37-31(40)42-32(2,3)4/h5-14,18-19,21H,15-17,20H2,1-4H3,(H,37,40)(H,38,39)/t21-/m1/s1. The highest BCUT2D eigenvalue weighted by molar-refractivity contribution is 5.95. The lowest BCUT2D eigenvalue weighted by molar-refractivity contribution is -0.137. The zero-order valence-electron chi connectivity index (χ0n) is 24.1. The first-order chi connectivity index (χ1) is 19.8. The lowest BCUT2D eigenvalue weighted by Crippen LogP contribution is -2.32. The van der Waals surface area contributed by atoms with E-state index in [1.165, 1.54) is 6.07 Å². The van der Waals surface area contributed by atoms with Crippen molar-refractivity contribution in [2.75, 3.05) is 13.2 Å². The van der Waals surface area contributed by atoms with Crippen molar-refractivity contribution in [2.45, 2.75) is 58.5 Å². The van der Waals surface area contributed by atoms with Crippen molar-refractivity contribution in [2.24, 2.45) is 0 Å². The fraction of sp³-hybridized carbons (Fsp3) is 0.333. The minimum absolute atomic E-state index is 0.0143. The Morgan fingerprint density at radius 3 is 2.36 bits per heavy atom. The van der Waals surface area contributed by atoms with E-state index in [9.17, 15) is 22.8 Å². The van der Waals surface area contributed by atoms with Gasteiger partial charge in [0.1, 0.15) is 5.60 Å². The molecule has 1 atom stereocenters. The van der Waals surface area contributed by atoms with Gasteiger partial charge in [-0.15, -0.1) is 0 Å². The first kappa shape index (κ1) is 30.8. The number of carbonyl (C=O) groups excluding carboxylic acids is 2. The van der Waals surface area contributed by atoms with Crippen molar-refractivity contribution >= 4 is 17.6 Å². The highest BCUT2D eigenvalue weighted by atomic mass is 19.4. The van der Waals surface area contributed by atoms with Crippen LogP contribution in [0.4, 0.5) is 18.0 Å². The van der Waals surface area contributed by atoms with E-state index in [0.717, 1.165) is 35.3 Å². The number of alkyl carbamates (subject to hydrolysis) is 1. The van der Waals surface area contributed by atoms with Gasteiger partial charge in [0.25, 0.3) is 5.91 Å². The van der Waals surface area contributed by atoms with E-state index in [0.29, 0.717) is 35.5 Å². The van der Waals surface area contributed by atoms with Crippen molar-refractivity contribution < 1.29 is 32.2 Å². The summed E-state index contributed by atoms with van der Waals surface area (Å²) in [6.45, 7) is 8.21. The zero-order valence-corrected chi connectivity index (χ0v) is 24.1. The number of rotatable bonds is 7. The van der Waals surface area contributed by atoms with Crippen molar-refractivity contribution in [3.63, 3.8) is 0 Å². The van der Waals surface area contributed by atoms with Crippen molar-refractivity contribution in [3.05, 3.63) is 101 Å². The Labute approximate surface area is 243 Å².